The zero-order valence-electron chi connectivity index (χ0n) is 16.6. The van der Waals surface area contributed by atoms with Crippen molar-refractivity contribution in [2.75, 3.05) is 0 Å². The van der Waals surface area contributed by atoms with Crippen molar-refractivity contribution in [1.29, 1.82) is 21.2 Å². The molecule has 4 nitrogen and oxygen atoms in total. The number of rotatable bonds is 1. The minimum atomic E-state index is -1.99. The van der Waals surface area contributed by atoms with Crippen LogP contribution in [0.4, 0.5) is 8.78 Å². The largest absolute Gasteiger partial charge is 0.305 e. The van der Waals surface area contributed by atoms with Crippen molar-refractivity contribution in [2.24, 2.45) is 28.6 Å². The van der Waals surface area contributed by atoms with E-state index in [-0.39, 0.29) is 22.6 Å². The van der Waals surface area contributed by atoms with E-state index in [0.29, 0.717) is 18.4 Å². The molecule has 3 rings (SSSR count). The molecule has 0 spiro atoms. The zero-order chi connectivity index (χ0) is 21.6. The Morgan fingerprint density at radius 3 is 2.31 bits per heavy atom. The van der Waals surface area contributed by atoms with Gasteiger partial charge in [0.2, 0.25) is 0 Å². The highest BCUT2D eigenvalue weighted by Gasteiger charge is 2.58. The van der Waals surface area contributed by atoms with Crippen molar-refractivity contribution >= 4 is 5.71 Å². The molecule has 0 bridgehead atoms. The molecule has 2 aliphatic carbocycles. The highest BCUT2D eigenvalue weighted by atomic mass is 19.1. The van der Waals surface area contributed by atoms with Crippen molar-refractivity contribution in [1.82, 2.24) is 0 Å². The molecule has 0 saturated heterocycles. The number of nitrogens with zero attached hydrogens (tertiary/aromatic N) is 3. The predicted octanol–water partition coefficient (Wildman–Crippen LogP) is 5.25. The molecule has 2 aliphatic rings. The number of hydrogen-bond donors (Lipinski definition) is 1. The summed E-state index contributed by atoms with van der Waals surface area (Å²) < 4.78 is 28.4. The summed E-state index contributed by atoms with van der Waals surface area (Å²) in [6.07, 6.45) is 3.21. The van der Waals surface area contributed by atoms with Crippen molar-refractivity contribution in [2.45, 2.75) is 39.5 Å². The number of allylic oxidation sites excluding steroid dienone is 2. The molecule has 1 fully saturated rings. The summed E-state index contributed by atoms with van der Waals surface area (Å²) in [4.78, 5) is 0. The van der Waals surface area contributed by atoms with Gasteiger partial charge in [-0.1, -0.05) is 32.9 Å². The third-order valence-electron chi connectivity index (χ3n) is 6.52. The second kappa shape index (κ2) is 7.09. The van der Waals surface area contributed by atoms with Gasteiger partial charge in [-0.05, 0) is 47.3 Å². The quantitative estimate of drug-likeness (QED) is 0.661. The summed E-state index contributed by atoms with van der Waals surface area (Å²) in [5.74, 6) is -3.81. The maximum absolute atomic E-state index is 14.8. The van der Waals surface area contributed by atoms with Gasteiger partial charge in [0.1, 0.15) is 17.6 Å². The molecule has 0 heterocycles. The lowest BCUT2D eigenvalue weighted by Crippen LogP contribution is -2.50. The SMILES string of the molecule is CC(C)(C)[C@@H]1CC=C2C(C#N)C(=N)C(C#N)(C#N)[C@H](c3ccc(F)cc3F)[C@H]2C1. The van der Waals surface area contributed by atoms with E-state index in [1.165, 1.54) is 6.07 Å². The molecule has 1 unspecified atom stereocenters. The molecule has 1 aromatic carbocycles. The van der Waals surface area contributed by atoms with Crippen LogP contribution in [0.5, 0.6) is 0 Å². The van der Waals surface area contributed by atoms with Crippen LogP contribution in [0.3, 0.4) is 0 Å². The molecule has 0 aliphatic heterocycles. The molecule has 148 valence electrons. The van der Waals surface area contributed by atoms with Crippen LogP contribution in [0.2, 0.25) is 0 Å². The number of halogens is 2. The summed E-state index contributed by atoms with van der Waals surface area (Å²) in [6.45, 7) is 6.29. The Kier molecular flexibility index (Phi) is 5.06. The minimum Gasteiger partial charge on any atom is -0.305 e. The molecule has 6 heteroatoms. The Hall–Kier alpha value is -3.04. The molecule has 1 N–H and O–H groups in total. The summed E-state index contributed by atoms with van der Waals surface area (Å²) in [5.41, 5.74) is -1.66. The Bertz CT molecular complexity index is 999. The standard InChI is InChI=1S/C23H22F2N4/c1-22(2,3)13-4-6-15-17(8-13)20(16-7-5-14(24)9-19(16)25)23(11-27,12-28)21(29)18(15)10-26/h5-7,9,13,17-18,20,29H,4,8H2,1-3H3/t13-,17+,18?,20-/m1/s1. The van der Waals surface area contributed by atoms with E-state index < -0.39 is 34.8 Å². The minimum absolute atomic E-state index is 0.0427. The fourth-order valence-electron chi connectivity index (χ4n) is 4.83. The lowest BCUT2D eigenvalue weighted by atomic mass is 9.51. The Labute approximate surface area is 169 Å². The molecular formula is C23H22F2N4. The first-order valence-electron chi connectivity index (χ1n) is 9.56. The normalized spacial score (nSPS) is 28.3. The van der Waals surface area contributed by atoms with Gasteiger partial charge in [0.25, 0.3) is 0 Å². The predicted molar refractivity (Wildman–Crippen MR) is 103 cm³/mol. The fraction of sp³-hybridized carbons (Fsp3) is 0.478. The van der Waals surface area contributed by atoms with Crippen LogP contribution >= 0.6 is 0 Å². The van der Waals surface area contributed by atoms with Crippen LogP contribution in [-0.2, 0) is 0 Å². The number of nitriles is 3. The summed E-state index contributed by atoms with van der Waals surface area (Å²) in [6, 6.07) is 9.05. The Balaban J connectivity index is 2.29. The van der Waals surface area contributed by atoms with Gasteiger partial charge >= 0.3 is 0 Å². The van der Waals surface area contributed by atoms with E-state index >= 15 is 0 Å². The number of hydrogen-bond acceptors (Lipinski definition) is 4. The van der Waals surface area contributed by atoms with Crippen molar-refractivity contribution in [3.05, 3.63) is 47.0 Å². The average Bonchev–Trinajstić information content (AvgIpc) is 2.67. The average molecular weight is 392 g/mol. The summed E-state index contributed by atoms with van der Waals surface area (Å²) in [5, 5.41) is 38.2. The number of nitrogens with one attached hydrogen (secondary N) is 1. The van der Waals surface area contributed by atoms with E-state index in [2.05, 4.69) is 26.8 Å². The van der Waals surface area contributed by atoms with Crippen LogP contribution in [0.15, 0.2) is 29.8 Å². The molecule has 29 heavy (non-hydrogen) atoms. The van der Waals surface area contributed by atoms with E-state index in [9.17, 15) is 24.6 Å². The van der Waals surface area contributed by atoms with E-state index in [4.69, 9.17) is 5.41 Å². The van der Waals surface area contributed by atoms with Gasteiger partial charge < -0.3 is 5.41 Å². The van der Waals surface area contributed by atoms with Crippen molar-refractivity contribution < 1.29 is 8.78 Å². The highest BCUT2D eigenvalue weighted by molar-refractivity contribution is 6.00. The van der Waals surface area contributed by atoms with Gasteiger partial charge in [0.05, 0.1) is 23.9 Å². The second-order valence-electron chi connectivity index (χ2n) is 9.00. The maximum atomic E-state index is 14.8. The van der Waals surface area contributed by atoms with Gasteiger partial charge in [-0.25, -0.2) is 8.78 Å². The Morgan fingerprint density at radius 2 is 1.79 bits per heavy atom. The number of fused-ring (bicyclic) bond motifs is 1. The first-order valence-corrected chi connectivity index (χ1v) is 9.56. The lowest BCUT2D eigenvalue weighted by Gasteiger charge is -2.49. The summed E-state index contributed by atoms with van der Waals surface area (Å²) >= 11 is 0. The monoisotopic (exact) mass is 392 g/mol. The highest BCUT2D eigenvalue weighted by Crippen LogP contribution is 2.57. The molecule has 0 aromatic heterocycles. The molecule has 0 amide bonds. The van der Waals surface area contributed by atoms with Crippen molar-refractivity contribution in [3.8, 4) is 18.2 Å². The van der Waals surface area contributed by atoms with Crippen LogP contribution in [0, 0.1) is 79.6 Å². The van der Waals surface area contributed by atoms with Crippen LogP contribution in [-0.4, -0.2) is 5.71 Å². The molecule has 0 radical (unpaired) electrons. The first kappa shape index (κ1) is 20.7. The van der Waals surface area contributed by atoms with Gasteiger partial charge in [-0.15, -0.1) is 0 Å². The van der Waals surface area contributed by atoms with E-state index in [0.717, 1.165) is 12.1 Å². The fourth-order valence-corrected chi connectivity index (χ4v) is 4.83. The van der Waals surface area contributed by atoms with Gasteiger partial charge in [0.15, 0.2) is 5.41 Å². The van der Waals surface area contributed by atoms with E-state index in [1.807, 2.05) is 18.2 Å². The van der Waals surface area contributed by atoms with Crippen molar-refractivity contribution in [3.63, 3.8) is 0 Å². The van der Waals surface area contributed by atoms with Gasteiger partial charge in [-0.2, -0.15) is 15.8 Å². The zero-order valence-corrected chi connectivity index (χ0v) is 16.6. The van der Waals surface area contributed by atoms with Crippen LogP contribution in [0.25, 0.3) is 0 Å². The molecule has 1 aromatic rings. The van der Waals surface area contributed by atoms with E-state index in [1.54, 1.807) is 0 Å². The third kappa shape index (κ3) is 3.12. The lowest BCUT2D eigenvalue weighted by molar-refractivity contribution is 0.167. The van der Waals surface area contributed by atoms with Gasteiger partial charge in [-0.3, -0.25) is 0 Å². The second-order valence-corrected chi connectivity index (χ2v) is 9.00. The summed E-state index contributed by atoms with van der Waals surface area (Å²) in [7, 11) is 0. The first-order chi connectivity index (χ1) is 13.6. The smallest absolute Gasteiger partial charge is 0.189 e. The maximum Gasteiger partial charge on any atom is 0.189 e. The number of benzene rings is 1. The molecular weight excluding hydrogens is 370 g/mol. The van der Waals surface area contributed by atoms with Crippen LogP contribution in [0.1, 0.15) is 45.1 Å². The van der Waals surface area contributed by atoms with Gasteiger partial charge in [0, 0.05) is 12.0 Å². The Morgan fingerprint density at radius 1 is 1.14 bits per heavy atom. The van der Waals surface area contributed by atoms with Crippen LogP contribution < -0.4 is 0 Å². The topological polar surface area (TPSA) is 95.2 Å². The molecule has 1 saturated carbocycles. The third-order valence-corrected chi connectivity index (χ3v) is 6.52. The molecule has 4 atom stereocenters.